The first-order valence-electron chi connectivity index (χ1n) is 12.6. The van der Waals surface area contributed by atoms with Gasteiger partial charge in [0.1, 0.15) is 6.04 Å². The van der Waals surface area contributed by atoms with Gasteiger partial charge in [-0.2, -0.15) is 10.2 Å². The fourth-order valence-corrected chi connectivity index (χ4v) is 5.35. The predicted octanol–water partition coefficient (Wildman–Crippen LogP) is 1.87. The van der Waals surface area contributed by atoms with E-state index in [0.29, 0.717) is 6.42 Å². The van der Waals surface area contributed by atoms with Crippen molar-refractivity contribution in [2.45, 2.75) is 48.8 Å². The SMILES string of the molecule is O=C(O)C(CNC(=O)C1CC(CCCCNc2ncc[nH]2)NO1)NS(=O)(=O)c1ccc(-c2ccccc2)cc1. The van der Waals surface area contributed by atoms with Crippen molar-refractivity contribution in [1.82, 2.24) is 25.5 Å². The molecule has 1 amide bonds. The third-order valence-corrected chi connectivity index (χ3v) is 7.77. The van der Waals surface area contributed by atoms with Crippen LogP contribution in [0.3, 0.4) is 0 Å². The number of carboxylic acids is 1. The summed E-state index contributed by atoms with van der Waals surface area (Å²) < 4.78 is 27.8. The maximum atomic E-state index is 12.8. The molecule has 39 heavy (non-hydrogen) atoms. The van der Waals surface area contributed by atoms with Gasteiger partial charge in [0.15, 0.2) is 12.1 Å². The molecule has 0 spiro atoms. The van der Waals surface area contributed by atoms with Gasteiger partial charge in [0.2, 0.25) is 10.0 Å². The fourth-order valence-electron chi connectivity index (χ4n) is 4.16. The predicted molar refractivity (Wildman–Crippen MR) is 144 cm³/mol. The maximum Gasteiger partial charge on any atom is 0.323 e. The molecule has 3 unspecified atom stereocenters. The number of nitrogens with one attached hydrogen (secondary N) is 5. The van der Waals surface area contributed by atoms with Crippen molar-refractivity contribution in [2.75, 3.05) is 18.4 Å². The quantitative estimate of drug-likeness (QED) is 0.162. The van der Waals surface area contributed by atoms with Gasteiger partial charge in [-0.25, -0.2) is 13.4 Å². The molecule has 2 aromatic carbocycles. The number of aromatic nitrogens is 2. The van der Waals surface area contributed by atoms with Gasteiger partial charge in [-0.1, -0.05) is 48.9 Å². The molecule has 0 radical (unpaired) electrons. The zero-order chi connectivity index (χ0) is 27.7. The molecule has 1 aromatic heterocycles. The molecule has 12 nitrogen and oxygen atoms in total. The van der Waals surface area contributed by atoms with Crippen LogP contribution in [0, 0.1) is 0 Å². The number of hydroxylamine groups is 1. The summed E-state index contributed by atoms with van der Waals surface area (Å²) in [5.74, 6) is -1.20. The number of sulfonamides is 1. The van der Waals surface area contributed by atoms with Crippen LogP contribution in [-0.4, -0.2) is 66.6 Å². The second-order valence-corrected chi connectivity index (χ2v) is 10.9. The number of hydrogen-bond donors (Lipinski definition) is 6. The number of nitrogens with zero attached hydrogens (tertiary/aromatic N) is 1. The van der Waals surface area contributed by atoms with Gasteiger partial charge < -0.3 is 20.7 Å². The van der Waals surface area contributed by atoms with E-state index in [2.05, 4.69) is 30.8 Å². The lowest BCUT2D eigenvalue weighted by atomic mass is 10.0. The molecule has 1 aliphatic rings. The number of H-pyrrole nitrogens is 1. The van der Waals surface area contributed by atoms with Crippen LogP contribution in [0.25, 0.3) is 11.1 Å². The monoisotopic (exact) mass is 556 g/mol. The molecular formula is C26H32N6O6S. The lowest BCUT2D eigenvalue weighted by molar-refractivity contribution is -0.139. The highest BCUT2D eigenvalue weighted by molar-refractivity contribution is 7.89. The minimum atomic E-state index is -4.15. The molecule has 208 valence electrons. The van der Waals surface area contributed by atoms with E-state index in [1.807, 2.05) is 30.3 Å². The third-order valence-electron chi connectivity index (χ3n) is 6.29. The Morgan fingerprint density at radius 2 is 1.82 bits per heavy atom. The first-order chi connectivity index (χ1) is 18.8. The smallest absolute Gasteiger partial charge is 0.323 e. The van der Waals surface area contributed by atoms with Gasteiger partial charge in [-0.05, 0) is 36.1 Å². The molecule has 0 bridgehead atoms. The molecule has 2 heterocycles. The van der Waals surface area contributed by atoms with Crippen molar-refractivity contribution in [3.05, 3.63) is 67.0 Å². The molecule has 0 saturated carbocycles. The van der Waals surface area contributed by atoms with Gasteiger partial charge in [-0.3, -0.25) is 14.4 Å². The molecule has 1 saturated heterocycles. The van der Waals surface area contributed by atoms with Gasteiger partial charge in [0.25, 0.3) is 5.91 Å². The number of anilines is 1. The highest BCUT2D eigenvalue weighted by Gasteiger charge is 2.32. The van der Waals surface area contributed by atoms with E-state index < -0.39 is 40.6 Å². The number of amides is 1. The van der Waals surface area contributed by atoms with E-state index >= 15 is 0 Å². The summed E-state index contributed by atoms with van der Waals surface area (Å²) in [6, 6.07) is 14.0. The van der Waals surface area contributed by atoms with E-state index in [1.165, 1.54) is 12.1 Å². The zero-order valence-corrected chi connectivity index (χ0v) is 22.0. The van der Waals surface area contributed by atoms with Gasteiger partial charge in [0.05, 0.1) is 4.90 Å². The number of benzene rings is 2. The minimum Gasteiger partial charge on any atom is -0.480 e. The van der Waals surface area contributed by atoms with Crippen molar-refractivity contribution >= 4 is 27.8 Å². The summed E-state index contributed by atoms with van der Waals surface area (Å²) in [7, 11) is -4.15. The number of imidazole rings is 1. The second kappa shape index (κ2) is 13.3. The molecular weight excluding hydrogens is 524 g/mol. The van der Waals surface area contributed by atoms with E-state index in [4.69, 9.17) is 4.84 Å². The Labute approximate surface area is 226 Å². The fraction of sp³-hybridized carbons (Fsp3) is 0.346. The minimum absolute atomic E-state index is 0.0167. The molecule has 6 N–H and O–H groups in total. The molecule has 1 aliphatic heterocycles. The number of unbranched alkanes of at least 4 members (excludes halogenated alkanes) is 1. The number of carbonyl (C=O) groups excluding carboxylic acids is 1. The summed E-state index contributed by atoms with van der Waals surface area (Å²) in [6.45, 7) is 0.327. The maximum absolute atomic E-state index is 12.8. The molecule has 4 rings (SSSR count). The van der Waals surface area contributed by atoms with Crippen LogP contribution in [0.4, 0.5) is 5.95 Å². The first-order valence-corrected chi connectivity index (χ1v) is 14.1. The molecule has 3 aromatic rings. The lowest BCUT2D eigenvalue weighted by Crippen LogP contribution is -2.49. The molecule has 13 heteroatoms. The standard InChI is InChI=1S/C26H32N6O6S/c33-24(23-16-20(31-38-23)8-4-5-13-27-26-28-14-15-29-26)30-17-22(25(34)35)32-39(36,37)21-11-9-19(10-12-21)18-6-2-1-3-7-18/h1-3,6-7,9-12,14-15,20,22-23,31-32H,4-5,8,13,16-17H2,(H,30,33)(H,34,35)(H2,27,28,29). The zero-order valence-electron chi connectivity index (χ0n) is 21.2. The Balaban J connectivity index is 1.22. The summed E-state index contributed by atoms with van der Waals surface area (Å²) in [4.78, 5) is 36.7. The van der Waals surface area contributed by atoms with E-state index in [-0.39, 0.29) is 10.9 Å². The normalized spacial score (nSPS) is 17.9. The van der Waals surface area contributed by atoms with Crippen LogP contribution >= 0.6 is 0 Å². The Bertz CT molecular complexity index is 1320. The number of carboxylic acid groups (broad SMARTS) is 1. The lowest BCUT2D eigenvalue weighted by Gasteiger charge is -2.17. The Hall–Kier alpha value is -3.78. The molecule has 0 aliphatic carbocycles. The first kappa shape index (κ1) is 28.2. The van der Waals surface area contributed by atoms with Gasteiger partial charge >= 0.3 is 5.97 Å². The van der Waals surface area contributed by atoms with Gasteiger partial charge in [0, 0.05) is 37.9 Å². The number of carbonyl (C=O) groups is 2. The van der Waals surface area contributed by atoms with Crippen LogP contribution in [-0.2, 0) is 24.4 Å². The van der Waals surface area contributed by atoms with E-state index in [0.717, 1.165) is 42.9 Å². The van der Waals surface area contributed by atoms with Crippen molar-refractivity contribution in [2.24, 2.45) is 0 Å². The highest BCUT2D eigenvalue weighted by atomic mass is 32.2. The van der Waals surface area contributed by atoms with Crippen LogP contribution < -0.4 is 20.8 Å². The number of aromatic amines is 1. The average molecular weight is 557 g/mol. The van der Waals surface area contributed by atoms with Crippen LogP contribution in [0.2, 0.25) is 0 Å². The summed E-state index contributed by atoms with van der Waals surface area (Å²) in [6.07, 6.45) is 5.65. The summed E-state index contributed by atoms with van der Waals surface area (Å²) >= 11 is 0. The Morgan fingerprint density at radius 1 is 1.08 bits per heavy atom. The van der Waals surface area contributed by atoms with E-state index in [9.17, 15) is 23.1 Å². The van der Waals surface area contributed by atoms with Gasteiger partial charge in [-0.15, -0.1) is 0 Å². The summed E-state index contributed by atoms with van der Waals surface area (Å²) in [5, 5.41) is 15.2. The Morgan fingerprint density at radius 3 is 2.51 bits per heavy atom. The van der Waals surface area contributed by atoms with Crippen molar-refractivity contribution < 1.29 is 28.0 Å². The van der Waals surface area contributed by atoms with E-state index in [1.54, 1.807) is 24.5 Å². The second-order valence-electron chi connectivity index (χ2n) is 9.16. The Kier molecular flexibility index (Phi) is 9.65. The van der Waals surface area contributed by atoms with Crippen molar-refractivity contribution in [1.29, 1.82) is 0 Å². The van der Waals surface area contributed by atoms with Crippen molar-refractivity contribution in [3.8, 4) is 11.1 Å². The number of rotatable bonds is 14. The van der Waals surface area contributed by atoms with Crippen molar-refractivity contribution in [3.63, 3.8) is 0 Å². The van der Waals surface area contributed by atoms with Crippen LogP contribution in [0.5, 0.6) is 0 Å². The average Bonchev–Trinajstić information content (AvgIpc) is 3.64. The number of aliphatic carboxylic acids is 1. The number of hydrogen-bond acceptors (Lipinski definition) is 8. The highest BCUT2D eigenvalue weighted by Crippen LogP contribution is 2.21. The molecule has 3 atom stereocenters. The molecule has 1 fully saturated rings. The third kappa shape index (κ3) is 8.10. The topological polar surface area (TPSA) is 175 Å². The van der Waals surface area contributed by atoms with Crippen LogP contribution in [0.15, 0.2) is 71.9 Å². The summed E-state index contributed by atoms with van der Waals surface area (Å²) in [5.41, 5.74) is 4.60. The van der Waals surface area contributed by atoms with Crippen LogP contribution in [0.1, 0.15) is 25.7 Å². The largest absolute Gasteiger partial charge is 0.480 e.